The van der Waals surface area contributed by atoms with Gasteiger partial charge in [-0.2, -0.15) is 4.98 Å². The van der Waals surface area contributed by atoms with E-state index in [0.717, 1.165) is 0 Å². The zero-order valence-electron chi connectivity index (χ0n) is 12.6. The van der Waals surface area contributed by atoms with Crippen LogP contribution in [0.4, 0.5) is 9.18 Å². The maximum absolute atomic E-state index is 13.1. The number of carbonyl (C=O) groups is 1. The first-order valence-corrected chi connectivity index (χ1v) is 6.91. The van der Waals surface area contributed by atoms with E-state index < -0.39 is 6.09 Å². The molecule has 1 amide bonds. The van der Waals surface area contributed by atoms with Crippen LogP contribution >= 0.6 is 0 Å². The van der Waals surface area contributed by atoms with Crippen molar-refractivity contribution in [2.45, 2.75) is 0 Å². The highest BCUT2D eigenvalue weighted by Gasteiger charge is 2.12. The fraction of sp³-hybridized carbons (Fsp3) is 0.0625. The van der Waals surface area contributed by atoms with E-state index in [4.69, 9.17) is 15.3 Å². The molecule has 1 heterocycles. The molecule has 0 aliphatic rings. The van der Waals surface area contributed by atoms with Gasteiger partial charge < -0.3 is 20.3 Å². The van der Waals surface area contributed by atoms with Gasteiger partial charge in [-0.3, -0.25) is 0 Å². The minimum absolute atomic E-state index is 0.00154. The Labute approximate surface area is 135 Å². The summed E-state index contributed by atoms with van der Waals surface area (Å²) in [7, 11) is 1.43. The molecule has 7 nitrogen and oxygen atoms in total. The predicted molar refractivity (Wildman–Crippen MR) is 85.4 cm³/mol. The van der Waals surface area contributed by atoms with E-state index in [9.17, 15) is 9.18 Å². The highest BCUT2D eigenvalue weighted by molar-refractivity contribution is 6.13. The van der Waals surface area contributed by atoms with Crippen molar-refractivity contribution in [3.63, 3.8) is 0 Å². The monoisotopic (exact) mass is 328 g/mol. The zero-order chi connectivity index (χ0) is 17.1. The number of imidazole rings is 1. The van der Waals surface area contributed by atoms with Gasteiger partial charge in [0, 0.05) is 11.1 Å². The summed E-state index contributed by atoms with van der Waals surface area (Å²) in [5.74, 6) is -0.341. The molecular weight excluding hydrogens is 315 g/mol. The van der Waals surface area contributed by atoms with Gasteiger partial charge in [-0.25, -0.2) is 9.18 Å². The second kappa shape index (κ2) is 6.37. The van der Waals surface area contributed by atoms with E-state index in [2.05, 4.69) is 15.1 Å². The molecule has 3 aromatic rings. The first-order chi connectivity index (χ1) is 11.6. The highest BCUT2D eigenvalue weighted by atomic mass is 19.1. The standard InChI is InChI=1S/C16H13FN4O3/c1-23-21-14(9-2-5-11(17)6-3-9)10-4-7-12-13(8-10)20-16(19-12)24-15(18)22/h2-8H,1H3,(H2,18,22)(H,19,20). The van der Waals surface area contributed by atoms with Crippen molar-refractivity contribution in [3.05, 3.63) is 59.4 Å². The van der Waals surface area contributed by atoms with Crippen LogP contribution in [0.3, 0.4) is 0 Å². The smallest absolute Gasteiger partial charge is 0.399 e. The van der Waals surface area contributed by atoms with Crippen molar-refractivity contribution in [1.82, 2.24) is 9.97 Å². The number of halogens is 1. The maximum atomic E-state index is 13.1. The van der Waals surface area contributed by atoms with Crippen molar-refractivity contribution in [3.8, 4) is 6.01 Å². The van der Waals surface area contributed by atoms with Gasteiger partial charge in [-0.15, -0.1) is 0 Å². The third-order valence-corrected chi connectivity index (χ3v) is 3.23. The third kappa shape index (κ3) is 3.17. The summed E-state index contributed by atoms with van der Waals surface area (Å²) < 4.78 is 17.8. The minimum atomic E-state index is -0.956. The zero-order valence-corrected chi connectivity index (χ0v) is 12.6. The molecule has 24 heavy (non-hydrogen) atoms. The van der Waals surface area contributed by atoms with E-state index in [0.29, 0.717) is 27.9 Å². The lowest BCUT2D eigenvalue weighted by Gasteiger charge is -2.06. The molecular formula is C16H13FN4O3. The number of aromatic nitrogens is 2. The Morgan fingerprint density at radius 1 is 1.21 bits per heavy atom. The number of benzene rings is 2. The molecule has 122 valence electrons. The molecule has 3 rings (SSSR count). The van der Waals surface area contributed by atoms with Crippen LogP contribution in [0.1, 0.15) is 11.1 Å². The molecule has 0 spiro atoms. The Morgan fingerprint density at radius 3 is 2.58 bits per heavy atom. The molecule has 3 N–H and O–H groups in total. The molecule has 0 radical (unpaired) electrons. The van der Waals surface area contributed by atoms with Crippen LogP contribution < -0.4 is 10.5 Å². The Bertz CT molecular complexity index is 919. The summed E-state index contributed by atoms with van der Waals surface area (Å²) >= 11 is 0. The van der Waals surface area contributed by atoms with E-state index >= 15 is 0 Å². The van der Waals surface area contributed by atoms with E-state index in [-0.39, 0.29) is 11.8 Å². The van der Waals surface area contributed by atoms with Crippen LogP contribution in [-0.4, -0.2) is 28.9 Å². The molecule has 8 heteroatoms. The molecule has 0 atom stereocenters. The average molecular weight is 328 g/mol. The van der Waals surface area contributed by atoms with Gasteiger partial charge in [-0.1, -0.05) is 11.2 Å². The summed E-state index contributed by atoms with van der Waals surface area (Å²) in [6.45, 7) is 0. The number of amides is 1. The Morgan fingerprint density at radius 2 is 1.92 bits per heavy atom. The molecule has 0 saturated heterocycles. The quantitative estimate of drug-likeness (QED) is 0.567. The second-order valence-corrected chi connectivity index (χ2v) is 4.82. The lowest BCUT2D eigenvalue weighted by atomic mass is 10.0. The number of hydrogen-bond donors (Lipinski definition) is 2. The summed E-state index contributed by atoms with van der Waals surface area (Å²) in [5, 5.41) is 4.01. The Hall–Kier alpha value is -3.42. The van der Waals surface area contributed by atoms with Gasteiger partial charge in [0.2, 0.25) is 0 Å². The Balaban J connectivity index is 2.03. The predicted octanol–water partition coefficient (Wildman–Crippen LogP) is 2.56. The van der Waals surface area contributed by atoms with Gasteiger partial charge in [-0.05, 0) is 36.4 Å². The van der Waals surface area contributed by atoms with Gasteiger partial charge >= 0.3 is 12.1 Å². The van der Waals surface area contributed by atoms with Gasteiger partial charge in [0.15, 0.2) is 0 Å². The number of aromatic amines is 1. The number of H-pyrrole nitrogens is 1. The summed E-state index contributed by atoms with van der Waals surface area (Å²) in [4.78, 5) is 22.6. The fourth-order valence-corrected chi connectivity index (χ4v) is 2.24. The third-order valence-electron chi connectivity index (χ3n) is 3.23. The normalized spacial score (nSPS) is 11.5. The number of ether oxygens (including phenoxy) is 1. The lowest BCUT2D eigenvalue weighted by molar-refractivity contribution is 0.207. The average Bonchev–Trinajstić information content (AvgIpc) is 2.94. The minimum Gasteiger partial charge on any atom is -0.399 e. The van der Waals surface area contributed by atoms with Crippen LogP contribution in [0.5, 0.6) is 6.01 Å². The summed E-state index contributed by atoms with van der Waals surface area (Å²) in [6, 6.07) is 11.2. The first-order valence-electron chi connectivity index (χ1n) is 6.91. The summed E-state index contributed by atoms with van der Waals surface area (Å²) in [5.41, 5.74) is 8.07. The van der Waals surface area contributed by atoms with Gasteiger partial charge in [0.1, 0.15) is 18.6 Å². The van der Waals surface area contributed by atoms with Crippen molar-refractivity contribution in [2.75, 3.05) is 7.11 Å². The number of nitrogens with zero attached hydrogens (tertiary/aromatic N) is 2. The topological polar surface area (TPSA) is 103 Å². The number of fused-ring (bicyclic) bond motifs is 1. The highest BCUT2D eigenvalue weighted by Crippen LogP contribution is 2.20. The van der Waals surface area contributed by atoms with Gasteiger partial charge in [0.25, 0.3) is 0 Å². The first kappa shape index (κ1) is 15.5. The van der Waals surface area contributed by atoms with E-state index in [1.165, 1.54) is 19.2 Å². The fourth-order valence-electron chi connectivity index (χ4n) is 2.24. The molecule has 0 saturated carbocycles. The lowest BCUT2D eigenvalue weighted by Crippen LogP contribution is -2.16. The van der Waals surface area contributed by atoms with Crippen LogP contribution in [0.25, 0.3) is 11.0 Å². The molecule has 1 aromatic heterocycles. The molecule has 0 fully saturated rings. The molecule has 0 bridgehead atoms. The van der Waals surface area contributed by atoms with Crippen molar-refractivity contribution >= 4 is 22.8 Å². The SMILES string of the molecule is CON=C(c1ccc(F)cc1)c1ccc2[nH]c(OC(N)=O)nc2c1. The van der Waals surface area contributed by atoms with Crippen molar-refractivity contribution < 1.29 is 18.8 Å². The molecule has 0 aliphatic heterocycles. The van der Waals surface area contributed by atoms with Crippen LogP contribution in [0.15, 0.2) is 47.6 Å². The summed E-state index contributed by atoms with van der Waals surface area (Å²) in [6.07, 6.45) is -0.956. The van der Waals surface area contributed by atoms with Crippen molar-refractivity contribution in [1.29, 1.82) is 0 Å². The number of hydrogen-bond acceptors (Lipinski definition) is 5. The van der Waals surface area contributed by atoms with Crippen LogP contribution in [0, 0.1) is 5.82 Å². The molecule has 0 aliphatic carbocycles. The largest absolute Gasteiger partial charge is 0.412 e. The molecule has 0 unspecified atom stereocenters. The van der Waals surface area contributed by atoms with Crippen LogP contribution in [-0.2, 0) is 4.84 Å². The number of carbonyl (C=O) groups excluding carboxylic acids is 1. The van der Waals surface area contributed by atoms with E-state index in [1.807, 2.05) is 0 Å². The second-order valence-electron chi connectivity index (χ2n) is 4.82. The molecule has 2 aromatic carbocycles. The number of oxime groups is 1. The van der Waals surface area contributed by atoms with E-state index in [1.54, 1.807) is 30.3 Å². The van der Waals surface area contributed by atoms with Crippen LogP contribution in [0.2, 0.25) is 0 Å². The van der Waals surface area contributed by atoms with Gasteiger partial charge in [0.05, 0.1) is 11.0 Å². The number of nitrogens with one attached hydrogen (secondary N) is 1. The number of nitrogens with two attached hydrogens (primary N) is 1. The number of primary amides is 1. The number of rotatable bonds is 4. The Kier molecular flexibility index (Phi) is 4.11. The van der Waals surface area contributed by atoms with Crippen molar-refractivity contribution in [2.24, 2.45) is 10.9 Å². The maximum Gasteiger partial charge on any atom is 0.412 e.